The minimum atomic E-state index is 0.199. The van der Waals surface area contributed by atoms with Crippen LogP contribution in [-0.2, 0) is 0 Å². The monoisotopic (exact) mass is 238 g/mol. The maximum absolute atomic E-state index is 8.56. The van der Waals surface area contributed by atoms with E-state index in [1.165, 1.54) is 12.8 Å². The Hall–Kier alpha value is 0.495. The molecule has 0 aromatic carbocycles. The van der Waals surface area contributed by atoms with Gasteiger partial charge < -0.3 is 5.02 Å². The second kappa shape index (κ2) is 6.61. The summed E-state index contributed by atoms with van der Waals surface area (Å²) in [6.45, 7) is 2.17. The Labute approximate surface area is 71.0 Å². The van der Waals surface area contributed by atoms with E-state index in [1.54, 1.807) is 0 Å². The van der Waals surface area contributed by atoms with Crippen molar-refractivity contribution in [3.63, 3.8) is 0 Å². The van der Waals surface area contributed by atoms with Gasteiger partial charge >= 0.3 is 7.48 Å². The molecular formula is C6H12BIO. The van der Waals surface area contributed by atoms with Gasteiger partial charge in [-0.05, 0) is 9.90 Å². The molecule has 0 rings (SSSR count). The molecule has 0 aliphatic rings. The topological polar surface area (TPSA) is 20.2 Å². The van der Waals surface area contributed by atoms with Crippen LogP contribution in [0.2, 0.25) is 0 Å². The Morgan fingerprint density at radius 3 is 2.89 bits per heavy atom. The third-order valence-electron chi connectivity index (χ3n) is 1.07. The maximum Gasteiger partial charge on any atom is 0.310 e. The largest absolute Gasteiger partial charge is 0.449 e. The third-order valence-corrected chi connectivity index (χ3v) is 1.86. The standard InChI is InChI=1S/C6H12BIO/c1-2-3-4-5-6(8)7-9/h5,7,9H,2-4H2,1H3/b6-5-. The second-order valence-corrected chi connectivity index (χ2v) is 3.34. The molecule has 0 aromatic heterocycles. The molecule has 1 nitrogen and oxygen atoms in total. The quantitative estimate of drug-likeness (QED) is 0.449. The van der Waals surface area contributed by atoms with Crippen molar-refractivity contribution in [1.29, 1.82) is 0 Å². The molecule has 52 valence electrons. The Kier molecular flexibility index (Phi) is 6.98. The van der Waals surface area contributed by atoms with Crippen molar-refractivity contribution in [3.05, 3.63) is 9.56 Å². The van der Waals surface area contributed by atoms with Gasteiger partial charge in [0.2, 0.25) is 0 Å². The van der Waals surface area contributed by atoms with Crippen molar-refractivity contribution in [3.8, 4) is 0 Å². The van der Waals surface area contributed by atoms with Gasteiger partial charge in [-0.25, -0.2) is 0 Å². The van der Waals surface area contributed by atoms with Crippen molar-refractivity contribution in [2.24, 2.45) is 0 Å². The summed E-state index contributed by atoms with van der Waals surface area (Å²) in [5.41, 5.74) is 0. The van der Waals surface area contributed by atoms with Crippen LogP contribution in [0.3, 0.4) is 0 Å². The summed E-state index contributed by atoms with van der Waals surface area (Å²) in [5, 5.41) is 8.56. The van der Waals surface area contributed by atoms with Gasteiger partial charge in [0.1, 0.15) is 0 Å². The predicted molar refractivity (Wildman–Crippen MR) is 51.0 cm³/mol. The molecule has 0 saturated carbocycles. The van der Waals surface area contributed by atoms with Gasteiger partial charge in [-0.1, -0.05) is 48.4 Å². The van der Waals surface area contributed by atoms with Gasteiger partial charge in [0.25, 0.3) is 0 Å². The molecule has 0 saturated heterocycles. The summed E-state index contributed by atoms with van der Waals surface area (Å²) in [5.74, 6) is 0. The van der Waals surface area contributed by atoms with Gasteiger partial charge in [-0.2, -0.15) is 0 Å². The van der Waals surface area contributed by atoms with Crippen molar-refractivity contribution < 1.29 is 5.02 Å². The number of halogens is 1. The minimum Gasteiger partial charge on any atom is -0.449 e. The molecule has 0 heterocycles. The van der Waals surface area contributed by atoms with Crippen LogP contribution >= 0.6 is 22.6 Å². The van der Waals surface area contributed by atoms with Crippen molar-refractivity contribution in [2.75, 3.05) is 0 Å². The lowest BCUT2D eigenvalue weighted by Gasteiger charge is -1.90. The third kappa shape index (κ3) is 6.38. The molecule has 0 aliphatic carbocycles. The van der Waals surface area contributed by atoms with E-state index >= 15 is 0 Å². The molecule has 0 radical (unpaired) electrons. The zero-order chi connectivity index (χ0) is 7.11. The van der Waals surface area contributed by atoms with Crippen molar-refractivity contribution >= 4 is 30.1 Å². The molecule has 0 unspecified atom stereocenters. The van der Waals surface area contributed by atoms with E-state index in [1.807, 2.05) is 0 Å². The number of hydrogen-bond donors (Lipinski definition) is 1. The first-order valence-electron chi connectivity index (χ1n) is 3.26. The molecule has 0 fully saturated rings. The number of hydrogen-bond acceptors (Lipinski definition) is 1. The summed E-state index contributed by atoms with van der Waals surface area (Å²) >= 11 is 2.16. The van der Waals surface area contributed by atoms with E-state index < -0.39 is 0 Å². The Morgan fingerprint density at radius 1 is 1.78 bits per heavy atom. The molecule has 0 bridgehead atoms. The fourth-order valence-corrected chi connectivity index (χ4v) is 0.839. The van der Waals surface area contributed by atoms with Crippen LogP contribution in [0.5, 0.6) is 0 Å². The van der Waals surface area contributed by atoms with Crippen molar-refractivity contribution in [1.82, 2.24) is 0 Å². The fraction of sp³-hybridized carbons (Fsp3) is 0.667. The normalized spacial score (nSPS) is 11.7. The number of rotatable bonds is 4. The Bertz CT molecular complexity index is 93.1. The average molecular weight is 238 g/mol. The first-order chi connectivity index (χ1) is 4.31. The summed E-state index contributed by atoms with van der Waals surface area (Å²) in [7, 11) is 0.199. The highest BCUT2D eigenvalue weighted by Crippen LogP contribution is 2.05. The molecule has 9 heavy (non-hydrogen) atoms. The highest BCUT2D eigenvalue weighted by atomic mass is 127. The van der Waals surface area contributed by atoms with Crippen LogP contribution in [0, 0.1) is 0 Å². The van der Waals surface area contributed by atoms with Gasteiger partial charge in [0.05, 0.1) is 0 Å². The Morgan fingerprint density at radius 2 is 2.44 bits per heavy atom. The van der Waals surface area contributed by atoms with E-state index in [9.17, 15) is 0 Å². The zero-order valence-electron chi connectivity index (χ0n) is 5.73. The molecular weight excluding hydrogens is 226 g/mol. The lowest BCUT2D eigenvalue weighted by Crippen LogP contribution is -1.85. The first kappa shape index (κ1) is 9.49. The van der Waals surface area contributed by atoms with Crippen LogP contribution in [-0.4, -0.2) is 12.5 Å². The van der Waals surface area contributed by atoms with E-state index in [4.69, 9.17) is 5.02 Å². The maximum atomic E-state index is 8.56. The highest BCUT2D eigenvalue weighted by Gasteiger charge is 1.88. The summed E-state index contributed by atoms with van der Waals surface area (Å²) in [6.07, 6.45) is 5.65. The SMILES string of the molecule is CCCC/C=C(\I)BO. The van der Waals surface area contributed by atoms with E-state index in [2.05, 4.69) is 35.6 Å². The molecule has 0 aliphatic heterocycles. The molecule has 1 N–H and O–H groups in total. The second-order valence-electron chi connectivity index (χ2n) is 1.95. The van der Waals surface area contributed by atoms with Gasteiger partial charge in [-0.15, -0.1) is 0 Å². The van der Waals surface area contributed by atoms with Crippen LogP contribution < -0.4 is 0 Å². The smallest absolute Gasteiger partial charge is 0.310 e. The van der Waals surface area contributed by atoms with Gasteiger partial charge in [-0.3, -0.25) is 0 Å². The predicted octanol–water partition coefficient (Wildman–Crippen LogP) is 1.80. The number of unbranched alkanes of at least 4 members (excludes halogenated alkanes) is 2. The lowest BCUT2D eigenvalue weighted by molar-refractivity contribution is 0.613. The molecule has 0 amide bonds. The highest BCUT2D eigenvalue weighted by molar-refractivity contribution is 14.1. The summed E-state index contributed by atoms with van der Waals surface area (Å²) < 4.78 is 1.06. The molecule has 0 atom stereocenters. The van der Waals surface area contributed by atoms with E-state index in [-0.39, 0.29) is 7.48 Å². The van der Waals surface area contributed by atoms with Crippen LogP contribution in [0.1, 0.15) is 26.2 Å². The van der Waals surface area contributed by atoms with Gasteiger partial charge in [0, 0.05) is 0 Å². The fourth-order valence-electron chi connectivity index (χ4n) is 0.527. The first-order valence-corrected chi connectivity index (χ1v) is 4.34. The van der Waals surface area contributed by atoms with E-state index in [0.717, 1.165) is 9.90 Å². The lowest BCUT2D eigenvalue weighted by atomic mass is 10.0. The molecule has 0 spiro atoms. The summed E-state index contributed by atoms with van der Waals surface area (Å²) in [6, 6.07) is 0. The van der Waals surface area contributed by atoms with Crippen LogP contribution in [0.15, 0.2) is 9.56 Å². The number of allylic oxidation sites excluding steroid dienone is 1. The molecule has 3 heteroatoms. The molecule has 0 aromatic rings. The van der Waals surface area contributed by atoms with E-state index in [0.29, 0.717) is 0 Å². The van der Waals surface area contributed by atoms with Crippen LogP contribution in [0.25, 0.3) is 0 Å². The minimum absolute atomic E-state index is 0.199. The summed E-state index contributed by atoms with van der Waals surface area (Å²) in [4.78, 5) is 0. The average Bonchev–Trinajstić information content (AvgIpc) is 1.89. The van der Waals surface area contributed by atoms with Gasteiger partial charge in [0.15, 0.2) is 0 Å². The Balaban J connectivity index is 3.21. The van der Waals surface area contributed by atoms with Crippen molar-refractivity contribution in [2.45, 2.75) is 26.2 Å². The zero-order valence-corrected chi connectivity index (χ0v) is 7.89. The van der Waals surface area contributed by atoms with Crippen LogP contribution in [0.4, 0.5) is 0 Å².